The average molecular weight is 290 g/mol. The lowest BCUT2D eigenvalue weighted by Crippen LogP contribution is -2.68. The predicted molar refractivity (Wildman–Crippen MR) is 53.0 cm³/mol. The second kappa shape index (κ2) is 6.09. The van der Waals surface area contributed by atoms with Gasteiger partial charge in [-0.25, -0.2) is 23.4 Å². The van der Waals surface area contributed by atoms with E-state index in [9.17, 15) is 4.79 Å². The maximum atomic E-state index is 11.8. The van der Waals surface area contributed by atoms with Gasteiger partial charge in [0.25, 0.3) is 0 Å². The van der Waals surface area contributed by atoms with Crippen molar-refractivity contribution in [3.63, 3.8) is 0 Å². The Morgan fingerprint density at radius 3 is 2.26 bits per heavy atom. The molecule has 0 N–H and O–H groups in total. The van der Waals surface area contributed by atoms with Gasteiger partial charge in [-0.3, -0.25) is 0 Å². The summed E-state index contributed by atoms with van der Waals surface area (Å²) in [6.45, 7) is 1.97. The highest BCUT2D eigenvalue weighted by Crippen LogP contribution is 2.08. The molecule has 0 saturated heterocycles. The number of hydrogen-bond donors (Lipinski definition) is 0. The van der Waals surface area contributed by atoms with Crippen molar-refractivity contribution in [2.24, 2.45) is 7.05 Å². The van der Waals surface area contributed by atoms with Gasteiger partial charge >= 0.3 is 11.4 Å². The molecular formula is C11H12ClNO6. The molecule has 0 spiro atoms. The van der Waals surface area contributed by atoms with Gasteiger partial charge in [0.15, 0.2) is 5.58 Å². The lowest BCUT2D eigenvalue weighted by atomic mass is 10.2. The van der Waals surface area contributed by atoms with Crippen molar-refractivity contribution < 1.29 is 37.9 Å². The van der Waals surface area contributed by atoms with Crippen LogP contribution in [0.2, 0.25) is 0 Å². The monoisotopic (exact) mass is 289 g/mol. The van der Waals surface area contributed by atoms with Gasteiger partial charge < -0.3 is 4.42 Å². The molecule has 0 atom stereocenters. The van der Waals surface area contributed by atoms with E-state index in [0.717, 1.165) is 6.42 Å². The van der Waals surface area contributed by atoms with Crippen LogP contribution in [0.4, 0.5) is 0 Å². The molecule has 1 aromatic heterocycles. The summed E-state index contributed by atoms with van der Waals surface area (Å²) in [6, 6.07) is 7.30. The van der Waals surface area contributed by atoms with Crippen LogP contribution in [0.1, 0.15) is 12.8 Å². The summed E-state index contributed by atoms with van der Waals surface area (Å²) in [5, 5.41) is 0.632. The first-order valence-corrected chi connectivity index (χ1v) is 6.50. The van der Waals surface area contributed by atoms with E-state index in [1.54, 1.807) is 17.7 Å². The van der Waals surface area contributed by atoms with Gasteiger partial charge in [-0.05, 0) is 12.1 Å². The first-order valence-electron chi connectivity index (χ1n) is 5.26. The number of aryl methyl sites for hydroxylation is 1. The minimum absolute atomic E-state index is 0.00343. The molecule has 0 aliphatic rings. The molecule has 19 heavy (non-hydrogen) atoms. The maximum Gasteiger partial charge on any atom is 0.425 e. The smallest absolute Gasteiger partial charge is 0.407 e. The van der Waals surface area contributed by atoms with Crippen molar-refractivity contribution in [1.29, 1.82) is 0 Å². The summed E-state index contributed by atoms with van der Waals surface area (Å²) < 4.78 is 41.1. The van der Waals surface area contributed by atoms with Crippen molar-refractivity contribution >= 4 is 11.0 Å². The highest BCUT2D eigenvalue weighted by atomic mass is 35.7. The summed E-state index contributed by atoms with van der Waals surface area (Å²) in [7, 11) is -3.21. The number of nitrogens with zero attached hydrogens (tertiary/aromatic N) is 1. The fourth-order valence-electron chi connectivity index (χ4n) is 1.53. The molecule has 0 bridgehead atoms. The van der Waals surface area contributed by atoms with Gasteiger partial charge in [-0.2, -0.15) is 0 Å². The molecule has 0 saturated carbocycles. The van der Waals surface area contributed by atoms with E-state index in [1.165, 1.54) is 0 Å². The first kappa shape index (κ1) is 15.5. The summed E-state index contributed by atoms with van der Waals surface area (Å²) in [5.41, 5.74) is 0.663. The Morgan fingerprint density at radius 1 is 1.21 bits per heavy atom. The SMILES string of the molecule is CCc1oc2ccccc2c(=O)[n+]1C.[O-][Cl+3]([O-])([O-])[O-]. The Kier molecular flexibility index (Phi) is 4.98. The van der Waals surface area contributed by atoms with E-state index < -0.39 is 10.2 Å². The molecule has 0 radical (unpaired) electrons. The van der Waals surface area contributed by atoms with E-state index in [4.69, 9.17) is 23.1 Å². The Bertz CT molecular complexity index is 613. The summed E-state index contributed by atoms with van der Waals surface area (Å²) in [5.74, 6) is 0.703. The molecule has 1 heterocycles. The minimum Gasteiger partial charge on any atom is -0.407 e. The third kappa shape index (κ3) is 4.58. The van der Waals surface area contributed by atoms with Crippen LogP contribution in [0.5, 0.6) is 0 Å². The van der Waals surface area contributed by atoms with Gasteiger partial charge in [-0.1, -0.05) is 19.1 Å². The van der Waals surface area contributed by atoms with E-state index in [1.807, 2.05) is 25.1 Å². The molecule has 2 aromatic rings. The van der Waals surface area contributed by atoms with Gasteiger partial charge in [0.05, 0.1) is 6.42 Å². The Balaban J connectivity index is 0.000000312. The molecule has 8 heteroatoms. The zero-order valence-electron chi connectivity index (χ0n) is 10.3. The molecule has 2 rings (SSSR count). The number of fused-ring (bicyclic) bond motifs is 1. The predicted octanol–water partition coefficient (Wildman–Crippen LogP) is -3.58. The molecule has 0 fully saturated rings. The molecule has 0 aliphatic carbocycles. The van der Waals surface area contributed by atoms with E-state index in [0.29, 0.717) is 16.9 Å². The minimum atomic E-state index is -4.94. The highest BCUT2D eigenvalue weighted by molar-refractivity contribution is 5.74. The van der Waals surface area contributed by atoms with Crippen LogP contribution in [0.3, 0.4) is 0 Å². The van der Waals surface area contributed by atoms with Crippen LogP contribution in [0.15, 0.2) is 33.5 Å². The third-order valence-corrected chi connectivity index (χ3v) is 2.33. The van der Waals surface area contributed by atoms with Crippen LogP contribution in [-0.2, 0) is 13.5 Å². The van der Waals surface area contributed by atoms with Crippen LogP contribution in [-0.4, -0.2) is 0 Å². The zero-order valence-corrected chi connectivity index (χ0v) is 11.0. The lowest BCUT2D eigenvalue weighted by Gasteiger charge is -2.17. The first-order chi connectivity index (χ1) is 8.74. The Hall–Kier alpha value is -1.51. The second-order valence-electron chi connectivity index (χ2n) is 3.59. The van der Waals surface area contributed by atoms with Crippen LogP contribution < -0.4 is 28.8 Å². The van der Waals surface area contributed by atoms with E-state index in [2.05, 4.69) is 0 Å². The maximum absolute atomic E-state index is 11.8. The molecule has 7 nitrogen and oxygen atoms in total. The van der Waals surface area contributed by atoms with Crippen LogP contribution >= 0.6 is 0 Å². The standard InChI is InChI=1S/C11H12NO2.ClHO4/c1-3-10-12(2)11(13)8-6-4-5-7-9(8)14-10;2-1(3,4)5/h4-7H,3H2,1-2H3;(H,2,3,4,5)/q+1;/p-1. The second-order valence-corrected chi connectivity index (χ2v) is 4.34. The van der Waals surface area contributed by atoms with Crippen molar-refractivity contribution in [1.82, 2.24) is 0 Å². The summed E-state index contributed by atoms with van der Waals surface area (Å²) in [6.07, 6.45) is 0.719. The number of para-hydroxylation sites is 1. The third-order valence-electron chi connectivity index (χ3n) is 2.33. The molecule has 104 valence electrons. The fraction of sp³-hybridized carbons (Fsp3) is 0.273. The number of benzene rings is 1. The Labute approximate surface area is 110 Å². The van der Waals surface area contributed by atoms with Crippen molar-refractivity contribution in [3.8, 4) is 0 Å². The van der Waals surface area contributed by atoms with Gasteiger partial charge in [-0.15, -0.1) is 14.8 Å². The van der Waals surface area contributed by atoms with E-state index in [-0.39, 0.29) is 5.56 Å². The molecular weight excluding hydrogens is 278 g/mol. The number of aromatic nitrogens is 1. The summed E-state index contributed by atoms with van der Waals surface area (Å²) in [4.78, 5) is 11.8. The van der Waals surface area contributed by atoms with Crippen molar-refractivity contribution in [3.05, 3.63) is 40.5 Å². The molecule has 0 amide bonds. The summed E-state index contributed by atoms with van der Waals surface area (Å²) >= 11 is 0. The van der Waals surface area contributed by atoms with Gasteiger partial charge in [0.2, 0.25) is 0 Å². The largest absolute Gasteiger partial charge is 0.425 e. The number of halogens is 1. The van der Waals surface area contributed by atoms with Crippen molar-refractivity contribution in [2.45, 2.75) is 13.3 Å². The fourth-order valence-corrected chi connectivity index (χ4v) is 1.53. The normalized spacial score (nSPS) is 11.1. The average Bonchev–Trinajstić information content (AvgIpc) is 2.32. The molecule has 0 aliphatic heterocycles. The topological polar surface area (TPSA) is 126 Å². The van der Waals surface area contributed by atoms with Crippen LogP contribution in [0, 0.1) is 10.2 Å². The number of rotatable bonds is 1. The van der Waals surface area contributed by atoms with E-state index >= 15 is 0 Å². The molecule has 1 aromatic carbocycles. The molecule has 0 unspecified atom stereocenters. The van der Waals surface area contributed by atoms with Gasteiger partial charge in [0, 0.05) is 0 Å². The zero-order chi connectivity index (χ0) is 14.6. The van der Waals surface area contributed by atoms with Crippen LogP contribution in [0.25, 0.3) is 11.0 Å². The number of hydrogen-bond acceptors (Lipinski definition) is 6. The van der Waals surface area contributed by atoms with Gasteiger partial charge in [0.1, 0.15) is 12.4 Å². The quantitative estimate of drug-likeness (QED) is 0.500. The highest BCUT2D eigenvalue weighted by Gasteiger charge is 2.15. The Morgan fingerprint density at radius 2 is 1.74 bits per heavy atom. The lowest BCUT2D eigenvalue weighted by molar-refractivity contribution is -2.00. The van der Waals surface area contributed by atoms with Crippen molar-refractivity contribution in [2.75, 3.05) is 0 Å².